The van der Waals surface area contributed by atoms with Crippen molar-refractivity contribution in [3.05, 3.63) is 16.8 Å². The number of aliphatic hydroxyl groups is 2. The van der Waals surface area contributed by atoms with Gasteiger partial charge in [0.05, 0.1) is 18.5 Å². The van der Waals surface area contributed by atoms with Crippen LogP contribution >= 0.6 is 23.2 Å². The first-order chi connectivity index (χ1) is 8.58. The molecule has 18 heavy (non-hydrogen) atoms. The van der Waals surface area contributed by atoms with E-state index in [1.54, 1.807) is 4.57 Å². The van der Waals surface area contributed by atoms with Gasteiger partial charge in [-0.25, -0.2) is 9.97 Å². The molecular weight excluding hydrogens is 279 g/mol. The Hall–Kier alpha value is -0.950. The largest absolute Gasteiger partial charge is 0.390 e. The molecule has 0 saturated heterocycles. The van der Waals surface area contributed by atoms with E-state index in [2.05, 4.69) is 15.0 Å². The molecular formula is C10H10Cl2N4O2. The van der Waals surface area contributed by atoms with Gasteiger partial charge in [0.15, 0.2) is 10.8 Å². The number of hydrogen-bond donors (Lipinski definition) is 2. The van der Waals surface area contributed by atoms with Crippen LogP contribution in [0.25, 0.3) is 11.2 Å². The minimum absolute atomic E-state index is 0.0299. The normalized spacial score (nSPS) is 28.1. The first-order valence-electron chi connectivity index (χ1n) is 5.49. The second-order valence-corrected chi connectivity index (χ2v) is 5.01. The Morgan fingerprint density at radius 1 is 1.22 bits per heavy atom. The molecule has 0 aliphatic heterocycles. The number of fused-ring (bicyclic) bond motifs is 1. The van der Waals surface area contributed by atoms with Crippen LogP contribution in [0.5, 0.6) is 0 Å². The smallest absolute Gasteiger partial charge is 0.225 e. The Morgan fingerprint density at radius 3 is 2.67 bits per heavy atom. The van der Waals surface area contributed by atoms with Crippen molar-refractivity contribution in [2.24, 2.45) is 0 Å². The van der Waals surface area contributed by atoms with E-state index in [0.717, 1.165) is 0 Å². The highest BCUT2D eigenvalue weighted by Gasteiger charge is 2.35. The zero-order valence-corrected chi connectivity index (χ0v) is 10.7. The Kier molecular flexibility index (Phi) is 2.90. The van der Waals surface area contributed by atoms with Gasteiger partial charge in [0.1, 0.15) is 11.6 Å². The molecule has 2 aromatic heterocycles. The Morgan fingerprint density at radius 2 is 2.00 bits per heavy atom. The van der Waals surface area contributed by atoms with Crippen LogP contribution in [-0.4, -0.2) is 41.9 Å². The lowest BCUT2D eigenvalue weighted by molar-refractivity contribution is 0.0241. The maximum Gasteiger partial charge on any atom is 0.225 e. The molecule has 0 spiro atoms. The van der Waals surface area contributed by atoms with Gasteiger partial charge in [0.25, 0.3) is 0 Å². The number of aromatic nitrogens is 4. The average molecular weight is 289 g/mol. The summed E-state index contributed by atoms with van der Waals surface area (Å²) in [5.41, 5.74) is 0.910. The molecule has 6 nitrogen and oxygen atoms in total. The van der Waals surface area contributed by atoms with Gasteiger partial charge in [0, 0.05) is 0 Å². The minimum Gasteiger partial charge on any atom is -0.390 e. The molecule has 0 amide bonds. The van der Waals surface area contributed by atoms with Gasteiger partial charge in [-0.3, -0.25) is 0 Å². The molecule has 2 N–H and O–H groups in total. The van der Waals surface area contributed by atoms with Crippen molar-refractivity contribution < 1.29 is 10.2 Å². The summed E-state index contributed by atoms with van der Waals surface area (Å²) < 4.78 is 1.69. The first-order valence-corrected chi connectivity index (χ1v) is 6.25. The lowest BCUT2D eigenvalue weighted by Gasteiger charge is -2.18. The van der Waals surface area contributed by atoms with E-state index in [1.807, 2.05) is 0 Å². The molecule has 1 fully saturated rings. The Bertz CT molecular complexity index is 603. The van der Waals surface area contributed by atoms with Gasteiger partial charge in [-0.1, -0.05) is 11.6 Å². The predicted molar refractivity (Wildman–Crippen MR) is 65.6 cm³/mol. The van der Waals surface area contributed by atoms with E-state index in [4.69, 9.17) is 23.2 Å². The van der Waals surface area contributed by atoms with E-state index in [1.165, 1.54) is 6.33 Å². The summed E-state index contributed by atoms with van der Waals surface area (Å²) in [5, 5.41) is 19.7. The summed E-state index contributed by atoms with van der Waals surface area (Å²) in [6.07, 6.45) is 1.16. The molecule has 0 unspecified atom stereocenters. The number of rotatable bonds is 1. The molecule has 2 heterocycles. The van der Waals surface area contributed by atoms with Crippen LogP contribution in [0, 0.1) is 0 Å². The van der Waals surface area contributed by atoms with Crippen LogP contribution in [0.2, 0.25) is 10.4 Å². The number of imidazole rings is 1. The topological polar surface area (TPSA) is 84.1 Å². The summed E-state index contributed by atoms with van der Waals surface area (Å²) in [6, 6.07) is -0.271. The summed E-state index contributed by atoms with van der Waals surface area (Å²) in [5.74, 6) is 0. The zero-order valence-electron chi connectivity index (χ0n) is 9.16. The SMILES string of the molecule is O[C@@H]1[C@H](O)CC[C@H]1n1cnc2c(Cl)nc(Cl)nc21. The first kappa shape index (κ1) is 12.1. The van der Waals surface area contributed by atoms with Crippen LogP contribution in [0.1, 0.15) is 18.9 Å². The van der Waals surface area contributed by atoms with Crippen molar-refractivity contribution in [1.29, 1.82) is 0 Å². The highest BCUT2D eigenvalue weighted by atomic mass is 35.5. The summed E-state index contributed by atoms with van der Waals surface area (Å²) in [7, 11) is 0. The second-order valence-electron chi connectivity index (χ2n) is 4.31. The third-order valence-corrected chi connectivity index (χ3v) is 3.69. The summed E-state index contributed by atoms with van der Waals surface area (Å²) >= 11 is 11.7. The molecule has 0 bridgehead atoms. The van der Waals surface area contributed by atoms with Gasteiger partial charge < -0.3 is 14.8 Å². The maximum absolute atomic E-state index is 9.92. The van der Waals surface area contributed by atoms with Crippen molar-refractivity contribution in [3.63, 3.8) is 0 Å². The lowest BCUT2D eigenvalue weighted by atomic mass is 10.2. The average Bonchev–Trinajstić information content (AvgIpc) is 2.85. The van der Waals surface area contributed by atoms with Crippen LogP contribution < -0.4 is 0 Å². The van der Waals surface area contributed by atoms with Gasteiger partial charge in [0.2, 0.25) is 5.28 Å². The zero-order chi connectivity index (χ0) is 12.9. The summed E-state index contributed by atoms with van der Waals surface area (Å²) in [4.78, 5) is 12.0. The van der Waals surface area contributed by atoms with Crippen LogP contribution in [0.3, 0.4) is 0 Å². The maximum atomic E-state index is 9.92. The second kappa shape index (κ2) is 4.31. The fraction of sp³-hybridized carbons (Fsp3) is 0.500. The predicted octanol–water partition coefficient (Wildman–Crippen LogP) is 1.19. The fourth-order valence-corrected chi connectivity index (χ4v) is 2.76. The molecule has 3 atom stereocenters. The van der Waals surface area contributed by atoms with E-state index >= 15 is 0 Å². The third-order valence-electron chi connectivity index (χ3n) is 3.26. The molecule has 1 aliphatic rings. The molecule has 3 rings (SSSR count). The van der Waals surface area contributed by atoms with E-state index in [-0.39, 0.29) is 16.5 Å². The van der Waals surface area contributed by atoms with Gasteiger partial charge in [-0.15, -0.1) is 0 Å². The molecule has 1 saturated carbocycles. The highest BCUT2D eigenvalue weighted by molar-refractivity contribution is 6.35. The van der Waals surface area contributed by atoms with Crippen LogP contribution in [-0.2, 0) is 0 Å². The molecule has 96 valence electrons. The number of halogens is 2. The number of hydrogen-bond acceptors (Lipinski definition) is 5. The number of aliphatic hydroxyl groups excluding tert-OH is 2. The number of nitrogens with zero attached hydrogens (tertiary/aromatic N) is 4. The van der Waals surface area contributed by atoms with E-state index < -0.39 is 12.2 Å². The molecule has 0 radical (unpaired) electrons. The van der Waals surface area contributed by atoms with Gasteiger partial charge in [-0.2, -0.15) is 4.98 Å². The van der Waals surface area contributed by atoms with Crippen molar-refractivity contribution in [3.8, 4) is 0 Å². The fourth-order valence-electron chi connectivity index (χ4n) is 2.34. The molecule has 0 aromatic carbocycles. The third kappa shape index (κ3) is 1.76. The van der Waals surface area contributed by atoms with Crippen LogP contribution in [0.4, 0.5) is 0 Å². The lowest BCUT2D eigenvalue weighted by Crippen LogP contribution is -2.26. The molecule has 1 aliphatic carbocycles. The van der Waals surface area contributed by atoms with Gasteiger partial charge >= 0.3 is 0 Å². The van der Waals surface area contributed by atoms with Gasteiger partial charge in [-0.05, 0) is 24.4 Å². The summed E-state index contributed by atoms with van der Waals surface area (Å²) in [6.45, 7) is 0. The van der Waals surface area contributed by atoms with Crippen molar-refractivity contribution in [1.82, 2.24) is 19.5 Å². The monoisotopic (exact) mass is 288 g/mol. The quantitative estimate of drug-likeness (QED) is 0.608. The van der Waals surface area contributed by atoms with E-state index in [9.17, 15) is 10.2 Å². The van der Waals surface area contributed by atoms with Crippen molar-refractivity contribution in [2.75, 3.05) is 0 Å². The standard InChI is InChI=1S/C10H10Cl2N4O2/c11-8-6-9(15-10(12)14-8)16(3-13-6)4-1-2-5(17)7(4)18/h3-5,7,17-18H,1-2H2/t4-,5-,7+/m1/s1. The van der Waals surface area contributed by atoms with E-state index in [0.29, 0.717) is 24.0 Å². The molecule has 8 heteroatoms. The van der Waals surface area contributed by atoms with Crippen LogP contribution in [0.15, 0.2) is 6.33 Å². The van der Waals surface area contributed by atoms with Crippen molar-refractivity contribution in [2.45, 2.75) is 31.1 Å². The Balaban J connectivity index is 2.13. The van der Waals surface area contributed by atoms with Crippen molar-refractivity contribution >= 4 is 34.4 Å². The minimum atomic E-state index is -0.838. The Labute approximate surface area is 112 Å². The molecule has 2 aromatic rings. The highest BCUT2D eigenvalue weighted by Crippen LogP contribution is 2.33.